The molecule has 138 valence electrons. The maximum Gasteiger partial charge on any atom is 0.263 e. The minimum atomic E-state index is -0.840. The quantitative estimate of drug-likeness (QED) is 0.781. The molecule has 0 aliphatic carbocycles. The van der Waals surface area contributed by atoms with Crippen LogP contribution in [0, 0.1) is 13.8 Å². The minimum absolute atomic E-state index is 0.327. The van der Waals surface area contributed by atoms with Gasteiger partial charge in [-0.2, -0.15) is 5.11 Å². The lowest BCUT2D eigenvalue weighted by molar-refractivity contribution is -0.121. The second kappa shape index (κ2) is 6.50. The number of imide groups is 1. The molecule has 0 spiro atoms. The van der Waals surface area contributed by atoms with Crippen LogP contribution in [-0.2, 0) is 9.59 Å². The van der Waals surface area contributed by atoms with Gasteiger partial charge in [0.25, 0.3) is 11.8 Å². The van der Waals surface area contributed by atoms with E-state index in [2.05, 4.69) is 10.3 Å². The Kier molecular flexibility index (Phi) is 4.14. The third-order valence-electron chi connectivity index (χ3n) is 4.66. The smallest absolute Gasteiger partial charge is 0.263 e. The Balaban J connectivity index is 1.72. The summed E-state index contributed by atoms with van der Waals surface area (Å²) in [5.74, 6) is -0.0776. The fourth-order valence-corrected chi connectivity index (χ4v) is 3.62. The van der Waals surface area contributed by atoms with E-state index in [9.17, 15) is 9.59 Å². The second-order valence-corrected chi connectivity index (χ2v) is 6.70. The van der Waals surface area contributed by atoms with Crippen LogP contribution >= 0.6 is 0 Å². The molecule has 2 aromatic carbocycles. The number of benzene rings is 2. The maximum atomic E-state index is 13.2. The molecule has 2 atom stereocenters. The summed E-state index contributed by atoms with van der Waals surface area (Å²) in [5, 5.41) is 9.70. The van der Waals surface area contributed by atoms with Gasteiger partial charge >= 0.3 is 0 Å². The summed E-state index contributed by atoms with van der Waals surface area (Å²) in [6.45, 7) is 6.24. The van der Waals surface area contributed by atoms with E-state index >= 15 is 0 Å². The number of hydrogen-bond acceptors (Lipinski definition) is 6. The maximum absolute atomic E-state index is 13.2. The summed E-state index contributed by atoms with van der Waals surface area (Å²) in [4.78, 5) is 27.3. The van der Waals surface area contributed by atoms with E-state index in [1.54, 1.807) is 0 Å². The van der Waals surface area contributed by atoms with Gasteiger partial charge < -0.3 is 4.74 Å². The van der Waals surface area contributed by atoms with Crippen molar-refractivity contribution in [2.45, 2.75) is 32.9 Å². The zero-order valence-electron chi connectivity index (χ0n) is 15.4. The standard InChI is InChI=1S/C20H20N4O3/c1-4-27-16-8-6-5-7-15(16)24-18-17(21-22-24)19(25)23(20(18)26)14-10-12(2)9-13(3)11-14/h5-11,17-18H,4H2,1-3H3. The van der Waals surface area contributed by atoms with Crippen molar-refractivity contribution in [1.82, 2.24) is 0 Å². The van der Waals surface area contributed by atoms with Crippen LogP contribution in [0.25, 0.3) is 0 Å². The van der Waals surface area contributed by atoms with Gasteiger partial charge in [-0.05, 0) is 56.2 Å². The summed E-state index contributed by atoms with van der Waals surface area (Å²) in [6, 6.07) is 11.3. The highest BCUT2D eigenvalue weighted by Gasteiger charge is 2.55. The van der Waals surface area contributed by atoms with Crippen molar-refractivity contribution in [1.29, 1.82) is 0 Å². The van der Waals surface area contributed by atoms with E-state index in [-0.39, 0.29) is 11.8 Å². The molecule has 0 N–H and O–H groups in total. The predicted molar refractivity (Wildman–Crippen MR) is 101 cm³/mol. The second-order valence-electron chi connectivity index (χ2n) is 6.70. The fourth-order valence-electron chi connectivity index (χ4n) is 3.62. The number of aryl methyl sites for hydroxylation is 2. The van der Waals surface area contributed by atoms with Crippen molar-refractivity contribution in [3.05, 3.63) is 53.6 Å². The Morgan fingerprint density at radius 2 is 1.74 bits per heavy atom. The van der Waals surface area contributed by atoms with Gasteiger partial charge in [0, 0.05) is 0 Å². The van der Waals surface area contributed by atoms with Gasteiger partial charge in [0.2, 0.25) is 0 Å². The summed E-state index contributed by atoms with van der Waals surface area (Å²) >= 11 is 0. The number of fused-ring (bicyclic) bond motifs is 1. The molecule has 2 aliphatic heterocycles. The van der Waals surface area contributed by atoms with Crippen molar-refractivity contribution in [3.8, 4) is 5.75 Å². The molecular weight excluding hydrogens is 344 g/mol. The molecule has 2 aromatic rings. The first kappa shape index (κ1) is 17.2. The third kappa shape index (κ3) is 2.75. The van der Waals surface area contributed by atoms with Crippen molar-refractivity contribution >= 4 is 23.2 Å². The van der Waals surface area contributed by atoms with Gasteiger partial charge in [-0.15, -0.1) is 0 Å². The Morgan fingerprint density at radius 1 is 1.04 bits per heavy atom. The number of hydrogen-bond donors (Lipinski definition) is 0. The lowest BCUT2D eigenvalue weighted by atomic mass is 10.1. The zero-order valence-corrected chi connectivity index (χ0v) is 15.4. The SMILES string of the molecule is CCOc1ccccc1N1N=NC2C(=O)N(c3cc(C)cc(C)c3)C(=O)C21. The van der Waals surface area contributed by atoms with E-state index in [0.29, 0.717) is 23.7 Å². The van der Waals surface area contributed by atoms with Crippen LogP contribution in [0.3, 0.4) is 0 Å². The number of rotatable bonds is 4. The van der Waals surface area contributed by atoms with Gasteiger partial charge in [0.05, 0.1) is 12.3 Å². The average molecular weight is 364 g/mol. The van der Waals surface area contributed by atoms with Gasteiger partial charge in [0.15, 0.2) is 12.1 Å². The molecule has 7 nitrogen and oxygen atoms in total. The number of carbonyl (C=O) groups is 2. The van der Waals surface area contributed by atoms with Crippen LogP contribution in [0.15, 0.2) is 52.8 Å². The van der Waals surface area contributed by atoms with Crippen LogP contribution in [0.2, 0.25) is 0 Å². The molecule has 0 radical (unpaired) electrons. The van der Waals surface area contributed by atoms with Gasteiger partial charge in [-0.25, -0.2) is 9.91 Å². The van der Waals surface area contributed by atoms with Gasteiger partial charge in [-0.1, -0.05) is 23.4 Å². The lowest BCUT2D eigenvalue weighted by Crippen LogP contribution is -2.40. The number of para-hydroxylation sites is 2. The first-order chi connectivity index (χ1) is 13.0. The number of ether oxygens (including phenoxy) is 1. The third-order valence-corrected chi connectivity index (χ3v) is 4.66. The molecule has 1 fully saturated rings. The van der Waals surface area contributed by atoms with Crippen LogP contribution in [0.5, 0.6) is 5.75 Å². The highest BCUT2D eigenvalue weighted by molar-refractivity contribution is 6.26. The predicted octanol–water partition coefficient (Wildman–Crippen LogP) is 3.20. The first-order valence-corrected chi connectivity index (χ1v) is 8.89. The number of nitrogens with zero attached hydrogens (tertiary/aromatic N) is 4. The molecule has 2 aliphatic rings. The highest BCUT2D eigenvalue weighted by atomic mass is 16.5. The van der Waals surface area contributed by atoms with E-state index in [4.69, 9.17) is 4.74 Å². The van der Waals surface area contributed by atoms with Crippen LogP contribution in [0.1, 0.15) is 18.1 Å². The molecule has 2 amide bonds. The minimum Gasteiger partial charge on any atom is -0.492 e. The zero-order chi connectivity index (χ0) is 19.1. The molecule has 0 aromatic heterocycles. The molecule has 4 rings (SSSR count). The number of anilines is 2. The summed E-state index contributed by atoms with van der Waals surface area (Å²) in [7, 11) is 0. The summed E-state index contributed by atoms with van der Waals surface area (Å²) < 4.78 is 5.65. The molecule has 2 heterocycles. The first-order valence-electron chi connectivity index (χ1n) is 8.89. The molecule has 1 saturated heterocycles. The highest BCUT2D eigenvalue weighted by Crippen LogP contribution is 2.38. The van der Waals surface area contributed by atoms with Crippen molar-refractivity contribution < 1.29 is 14.3 Å². The topological polar surface area (TPSA) is 74.6 Å². The Bertz CT molecular complexity index is 936. The van der Waals surface area contributed by atoms with Crippen molar-refractivity contribution in [2.24, 2.45) is 10.3 Å². The molecule has 0 saturated carbocycles. The molecule has 27 heavy (non-hydrogen) atoms. The summed E-state index contributed by atoms with van der Waals surface area (Å²) in [6.07, 6.45) is 0. The number of amides is 2. The van der Waals surface area contributed by atoms with Crippen molar-refractivity contribution in [3.63, 3.8) is 0 Å². The Hall–Kier alpha value is -3.22. The van der Waals surface area contributed by atoms with Crippen LogP contribution < -0.4 is 14.6 Å². The monoisotopic (exact) mass is 364 g/mol. The number of carbonyl (C=O) groups excluding carboxylic acids is 2. The largest absolute Gasteiger partial charge is 0.492 e. The Labute approximate surface area is 157 Å². The fraction of sp³-hybridized carbons (Fsp3) is 0.300. The normalized spacial score (nSPS) is 21.1. The van der Waals surface area contributed by atoms with E-state index < -0.39 is 12.1 Å². The van der Waals surface area contributed by atoms with E-state index in [0.717, 1.165) is 11.1 Å². The lowest BCUT2D eigenvalue weighted by Gasteiger charge is -2.22. The molecular formula is C20H20N4O3. The van der Waals surface area contributed by atoms with E-state index in [1.807, 2.05) is 63.2 Å². The molecule has 2 unspecified atom stereocenters. The van der Waals surface area contributed by atoms with Gasteiger partial charge in [0.1, 0.15) is 11.4 Å². The van der Waals surface area contributed by atoms with Crippen LogP contribution in [0.4, 0.5) is 11.4 Å². The summed E-state index contributed by atoms with van der Waals surface area (Å²) in [5.41, 5.74) is 3.18. The molecule has 0 bridgehead atoms. The Morgan fingerprint density at radius 3 is 2.44 bits per heavy atom. The molecule has 7 heteroatoms. The van der Waals surface area contributed by atoms with Gasteiger partial charge in [-0.3, -0.25) is 9.59 Å². The van der Waals surface area contributed by atoms with Crippen LogP contribution in [-0.4, -0.2) is 30.5 Å². The average Bonchev–Trinajstić information content (AvgIpc) is 3.15. The van der Waals surface area contributed by atoms with E-state index in [1.165, 1.54) is 9.91 Å². The van der Waals surface area contributed by atoms with Crippen molar-refractivity contribution in [2.75, 3.05) is 16.5 Å².